The van der Waals surface area contributed by atoms with Crippen LogP contribution >= 0.6 is 11.6 Å². The topological polar surface area (TPSA) is 30.5 Å². The predicted molar refractivity (Wildman–Crippen MR) is 80.0 cm³/mol. The zero-order valence-electron chi connectivity index (χ0n) is 12.0. The van der Waals surface area contributed by atoms with Gasteiger partial charge in [-0.25, -0.2) is 0 Å². The third-order valence-corrected chi connectivity index (χ3v) is 2.79. The van der Waals surface area contributed by atoms with E-state index in [1.165, 1.54) is 0 Å². The molecule has 3 nitrogen and oxygen atoms in total. The van der Waals surface area contributed by atoms with Crippen molar-refractivity contribution in [3.63, 3.8) is 0 Å². The predicted octanol–water partition coefficient (Wildman–Crippen LogP) is 3.64. The van der Waals surface area contributed by atoms with Gasteiger partial charge in [-0.3, -0.25) is 0 Å². The summed E-state index contributed by atoms with van der Waals surface area (Å²) in [5, 5.41) is 4.09. The lowest BCUT2D eigenvalue weighted by Gasteiger charge is -2.13. The molecule has 0 aliphatic carbocycles. The molecule has 0 aromatic heterocycles. The lowest BCUT2D eigenvalue weighted by molar-refractivity contribution is 0.0550. The molecule has 0 atom stereocenters. The maximum Gasteiger partial charge on any atom is 0.124 e. The first kappa shape index (κ1) is 16.3. The Labute approximate surface area is 121 Å². The largest absolute Gasteiger partial charge is 0.491 e. The highest BCUT2D eigenvalue weighted by Gasteiger charge is 2.05. The number of rotatable bonds is 9. The normalized spacial score (nSPS) is 11.0. The van der Waals surface area contributed by atoms with Crippen molar-refractivity contribution in [2.75, 3.05) is 19.8 Å². The Morgan fingerprint density at radius 2 is 2.05 bits per heavy atom. The summed E-state index contributed by atoms with van der Waals surface area (Å²) in [5.41, 5.74) is 1.09. The average molecular weight is 286 g/mol. The maximum atomic E-state index is 6.02. The molecule has 0 fully saturated rings. The van der Waals surface area contributed by atoms with Crippen LogP contribution in [0.15, 0.2) is 18.2 Å². The second-order valence-electron chi connectivity index (χ2n) is 4.70. The van der Waals surface area contributed by atoms with Crippen LogP contribution in [0.2, 0.25) is 5.02 Å². The molecule has 0 aliphatic rings. The van der Waals surface area contributed by atoms with Crippen LogP contribution in [0.3, 0.4) is 0 Å². The Bertz CT molecular complexity index is 369. The number of hydrogen-bond donors (Lipinski definition) is 1. The standard InChI is InChI=1S/C15H24ClNO2/c1-4-7-17-11-13-10-14(16)5-6-15(13)19-9-8-18-12(2)3/h5-6,10,12,17H,4,7-9,11H2,1-3H3. The number of halogens is 1. The molecule has 1 aromatic carbocycles. The van der Waals surface area contributed by atoms with Crippen molar-refractivity contribution in [3.8, 4) is 5.75 Å². The second kappa shape index (κ2) is 9.18. The van der Waals surface area contributed by atoms with Crippen LogP contribution in [0.5, 0.6) is 5.75 Å². The van der Waals surface area contributed by atoms with Gasteiger partial charge in [0.2, 0.25) is 0 Å². The fourth-order valence-corrected chi connectivity index (χ4v) is 1.86. The molecule has 0 heterocycles. The molecule has 1 N–H and O–H groups in total. The van der Waals surface area contributed by atoms with Gasteiger partial charge in [-0.15, -0.1) is 0 Å². The van der Waals surface area contributed by atoms with Crippen molar-refractivity contribution in [2.45, 2.75) is 39.8 Å². The van der Waals surface area contributed by atoms with Crippen molar-refractivity contribution < 1.29 is 9.47 Å². The lowest BCUT2D eigenvalue weighted by atomic mass is 10.2. The SMILES string of the molecule is CCCNCc1cc(Cl)ccc1OCCOC(C)C. The summed E-state index contributed by atoms with van der Waals surface area (Å²) in [5.74, 6) is 0.875. The fraction of sp³-hybridized carbons (Fsp3) is 0.600. The molecule has 0 unspecified atom stereocenters. The van der Waals surface area contributed by atoms with E-state index in [-0.39, 0.29) is 6.10 Å². The molecular formula is C15H24ClNO2. The molecule has 4 heteroatoms. The smallest absolute Gasteiger partial charge is 0.124 e. The molecule has 0 saturated heterocycles. The van der Waals surface area contributed by atoms with Crippen LogP contribution in [-0.4, -0.2) is 25.9 Å². The van der Waals surface area contributed by atoms with Gasteiger partial charge in [0.25, 0.3) is 0 Å². The molecule has 0 aliphatic heterocycles. The fourth-order valence-electron chi connectivity index (χ4n) is 1.66. The quantitative estimate of drug-likeness (QED) is 0.703. The monoisotopic (exact) mass is 285 g/mol. The Morgan fingerprint density at radius 3 is 2.74 bits per heavy atom. The summed E-state index contributed by atoms with van der Waals surface area (Å²) >= 11 is 6.02. The van der Waals surface area contributed by atoms with E-state index < -0.39 is 0 Å². The van der Waals surface area contributed by atoms with E-state index in [2.05, 4.69) is 12.2 Å². The van der Waals surface area contributed by atoms with Crippen molar-refractivity contribution in [1.82, 2.24) is 5.32 Å². The van der Waals surface area contributed by atoms with Crippen molar-refractivity contribution >= 4 is 11.6 Å². The van der Waals surface area contributed by atoms with Crippen LogP contribution in [0.4, 0.5) is 0 Å². The van der Waals surface area contributed by atoms with Gasteiger partial charge in [0.1, 0.15) is 12.4 Å². The first-order valence-electron chi connectivity index (χ1n) is 6.87. The van der Waals surface area contributed by atoms with E-state index in [9.17, 15) is 0 Å². The molecule has 108 valence electrons. The van der Waals surface area contributed by atoms with E-state index in [0.717, 1.165) is 35.8 Å². The molecule has 1 rings (SSSR count). The van der Waals surface area contributed by atoms with Crippen molar-refractivity contribution in [3.05, 3.63) is 28.8 Å². The summed E-state index contributed by atoms with van der Waals surface area (Å²) in [7, 11) is 0. The molecule has 0 spiro atoms. The van der Waals surface area contributed by atoms with Gasteiger partial charge in [-0.1, -0.05) is 18.5 Å². The molecule has 0 radical (unpaired) electrons. The van der Waals surface area contributed by atoms with Gasteiger partial charge in [0, 0.05) is 17.1 Å². The Balaban J connectivity index is 2.50. The average Bonchev–Trinajstić information content (AvgIpc) is 2.36. The van der Waals surface area contributed by atoms with Crippen LogP contribution in [-0.2, 0) is 11.3 Å². The van der Waals surface area contributed by atoms with Gasteiger partial charge in [0.15, 0.2) is 0 Å². The van der Waals surface area contributed by atoms with Crippen molar-refractivity contribution in [2.24, 2.45) is 0 Å². The number of hydrogen-bond acceptors (Lipinski definition) is 3. The summed E-state index contributed by atoms with van der Waals surface area (Å²) in [6, 6.07) is 5.72. The van der Waals surface area contributed by atoms with Gasteiger partial charge < -0.3 is 14.8 Å². The highest BCUT2D eigenvalue weighted by atomic mass is 35.5. The van der Waals surface area contributed by atoms with Gasteiger partial charge in [-0.2, -0.15) is 0 Å². The minimum atomic E-state index is 0.236. The van der Waals surface area contributed by atoms with E-state index in [0.29, 0.717) is 13.2 Å². The van der Waals surface area contributed by atoms with Gasteiger partial charge in [0.05, 0.1) is 12.7 Å². The highest BCUT2D eigenvalue weighted by Crippen LogP contribution is 2.22. The van der Waals surface area contributed by atoms with Gasteiger partial charge in [-0.05, 0) is 45.0 Å². The molecule has 0 saturated carbocycles. The van der Waals surface area contributed by atoms with Crippen LogP contribution < -0.4 is 10.1 Å². The minimum Gasteiger partial charge on any atom is -0.491 e. The third kappa shape index (κ3) is 6.81. The van der Waals surface area contributed by atoms with E-state index >= 15 is 0 Å². The zero-order valence-corrected chi connectivity index (χ0v) is 12.8. The first-order valence-corrected chi connectivity index (χ1v) is 7.24. The Morgan fingerprint density at radius 1 is 1.26 bits per heavy atom. The maximum absolute atomic E-state index is 6.02. The minimum absolute atomic E-state index is 0.236. The van der Waals surface area contributed by atoms with Crippen LogP contribution in [0, 0.1) is 0 Å². The molecular weight excluding hydrogens is 262 g/mol. The number of benzene rings is 1. The number of nitrogens with one attached hydrogen (secondary N) is 1. The van der Waals surface area contributed by atoms with Crippen LogP contribution in [0.25, 0.3) is 0 Å². The van der Waals surface area contributed by atoms with E-state index in [1.54, 1.807) is 0 Å². The molecule has 0 amide bonds. The highest BCUT2D eigenvalue weighted by molar-refractivity contribution is 6.30. The summed E-state index contributed by atoms with van der Waals surface area (Å²) in [4.78, 5) is 0. The Kier molecular flexibility index (Phi) is 7.87. The van der Waals surface area contributed by atoms with Gasteiger partial charge >= 0.3 is 0 Å². The van der Waals surface area contributed by atoms with E-state index in [1.807, 2.05) is 32.0 Å². The summed E-state index contributed by atoms with van der Waals surface area (Å²) < 4.78 is 11.2. The molecule has 1 aromatic rings. The Hall–Kier alpha value is -0.770. The summed E-state index contributed by atoms with van der Waals surface area (Å²) in [6.07, 6.45) is 1.35. The van der Waals surface area contributed by atoms with E-state index in [4.69, 9.17) is 21.1 Å². The van der Waals surface area contributed by atoms with Crippen molar-refractivity contribution in [1.29, 1.82) is 0 Å². The first-order chi connectivity index (χ1) is 9.13. The summed E-state index contributed by atoms with van der Waals surface area (Å²) in [6.45, 7) is 9.09. The number of ether oxygens (including phenoxy) is 2. The molecule has 0 bridgehead atoms. The molecule has 19 heavy (non-hydrogen) atoms. The van der Waals surface area contributed by atoms with Crippen LogP contribution in [0.1, 0.15) is 32.8 Å². The zero-order chi connectivity index (χ0) is 14.1. The third-order valence-electron chi connectivity index (χ3n) is 2.56. The lowest BCUT2D eigenvalue weighted by Crippen LogP contribution is -2.16. The second-order valence-corrected chi connectivity index (χ2v) is 5.13.